The van der Waals surface area contributed by atoms with E-state index in [0.29, 0.717) is 0 Å². The normalized spacial score (nSPS) is 11.4. The van der Waals surface area contributed by atoms with Crippen molar-refractivity contribution in [2.75, 3.05) is 20.1 Å². The number of carboxylic acid groups (broad SMARTS) is 1. The molecule has 0 heterocycles. The predicted molar refractivity (Wildman–Crippen MR) is 92.8 cm³/mol. The monoisotopic (exact) mass is 358 g/mol. The minimum Gasteiger partial charge on any atom is -0.465 e. The standard InChI is InChI=1S/C16H30N4O5/c1-3-4-5-6-7-8-14(22)19-12(11-13(17)21)15(23)20(2)10-9-18-16(24)25/h12,18H,3-11H2,1-2H3,(H2,17,21)(H,19,22)(H,24,25). The Labute approximate surface area is 148 Å². The molecule has 0 aliphatic heterocycles. The summed E-state index contributed by atoms with van der Waals surface area (Å²) in [5, 5.41) is 13.2. The van der Waals surface area contributed by atoms with Gasteiger partial charge in [0.05, 0.1) is 6.42 Å². The van der Waals surface area contributed by atoms with Crippen LogP contribution in [0.2, 0.25) is 0 Å². The van der Waals surface area contributed by atoms with Crippen molar-refractivity contribution >= 4 is 23.8 Å². The molecular formula is C16H30N4O5. The van der Waals surface area contributed by atoms with Crippen molar-refractivity contribution in [3.8, 4) is 0 Å². The smallest absolute Gasteiger partial charge is 0.404 e. The van der Waals surface area contributed by atoms with Crippen LogP contribution >= 0.6 is 0 Å². The molecule has 4 amide bonds. The molecule has 0 fully saturated rings. The van der Waals surface area contributed by atoms with E-state index in [4.69, 9.17) is 10.8 Å². The molecule has 1 atom stereocenters. The minimum absolute atomic E-state index is 0.0479. The Balaban J connectivity index is 4.45. The number of hydrogen-bond donors (Lipinski definition) is 4. The highest BCUT2D eigenvalue weighted by atomic mass is 16.4. The zero-order valence-corrected chi connectivity index (χ0v) is 15.0. The molecule has 1 unspecified atom stereocenters. The summed E-state index contributed by atoms with van der Waals surface area (Å²) in [5.41, 5.74) is 5.15. The Hall–Kier alpha value is -2.32. The van der Waals surface area contributed by atoms with E-state index < -0.39 is 23.9 Å². The summed E-state index contributed by atoms with van der Waals surface area (Å²) in [6.07, 6.45) is 3.77. The van der Waals surface area contributed by atoms with E-state index in [1.165, 1.54) is 11.9 Å². The quantitative estimate of drug-likeness (QED) is 0.353. The van der Waals surface area contributed by atoms with Crippen LogP contribution < -0.4 is 16.4 Å². The first kappa shape index (κ1) is 22.7. The van der Waals surface area contributed by atoms with Gasteiger partial charge in [-0.15, -0.1) is 0 Å². The zero-order chi connectivity index (χ0) is 19.2. The number of nitrogens with two attached hydrogens (primary N) is 1. The molecule has 5 N–H and O–H groups in total. The largest absolute Gasteiger partial charge is 0.465 e. The summed E-state index contributed by atoms with van der Waals surface area (Å²) in [4.78, 5) is 47.1. The number of nitrogens with zero attached hydrogens (tertiary/aromatic N) is 1. The number of carbonyl (C=O) groups excluding carboxylic acids is 3. The molecule has 0 aromatic carbocycles. The van der Waals surface area contributed by atoms with Crippen LogP contribution in [0.1, 0.15) is 51.9 Å². The van der Waals surface area contributed by atoms with Crippen molar-refractivity contribution in [2.45, 2.75) is 57.9 Å². The Morgan fingerprint density at radius 2 is 1.76 bits per heavy atom. The molecule has 0 aromatic heterocycles. The highest BCUT2D eigenvalue weighted by Crippen LogP contribution is 2.06. The van der Waals surface area contributed by atoms with Crippen molar-refractivity contribution in [2.24, 2.45) is 5.73 Å². The molecule has 0 saturated carbocycles. The van der Waals surface area contributed by atoms with Gasteiger partial charge in [0.25, 0.3) is 0 Å². The molecule has 0 aliphatic rings. The van der Waals surface area contributed by atoms with Crippen LogP contribution in [0.3, 0.4) is 0 Å². The van der Waals surface area contributed by atoms with Gasteiger partial charge in [0, 0.05) is 26.6 Å². The van der Waals surface area contributed by atoms with Crippen LogP contribution in [0, 0.1) is 0 Å². The first-order chi connectivity index (χ1) is 11.8. The third kappa shape index (κ3) is 11.8. The van der Waals surface area contributed by atoms with Crippen LogP contribution in [0.4, 0.5) is 4.79 Å². The minimum atomic E-state index is -1.19. The van der Waals surface area contributed by atoms with Gasteiger partial charge in [-0.25, -0.2) is 4.79 Å². The molecule has 0 bridgehead atoms. The zero-order valence-electron chi connectivity index (χ0n) is 15.0. The molecule has 0 aliphatic carbocycles. The Bertz CT molecular complexity index is 456. The van der Waals surface area contributed by atoms with E-state index >= 15 is 0 Å². The number of amides is 4. The lowest BCUT2D eigenvalue weighted by molar-refractivity contribution is -0.137. The summed E-state index contributed by atoms with van der Waals surface area (Å²) < 4.78 is 0. The van der Waals surface area contributed by atoms with Crippen LogP contribution in [0.25, 0.3) is 0 Å². The van der Waals surface area contributed by atoms with Gasteiger partial charge < -0.3 is 26.4 Å². The molecule has 0 spiro atoms. The van der Waals surface area contributed by atoms with Gasteiger partial charge in [-0.05, 0) is 6.42 Å². The van der Waals surface area contributed by atoms with Crippen molar-refractivity contribution in [1.29, 1.82) is 0 Å². The van der Waals surface area contributed by atoms with E-state index in [2.05, 4.69) is 17.6 Å². The highest BCUT2D eigenvalue weighted by Gasteiger charge is 2.25. The second kappa shape index (κ2) is 13.0. The maximum Gasteiger partial charge on any atom is 0.404 e. The third-order valence-corrected chi connectivity index (χ3v) is 3.65. The number of primary amides is 1. The molecule has 25 heavy (non-hydrogen) atoms. The number of rotatable bonds is 13. The summed E-state index contributed by atoms with van der Waals surface area (Å²) in [5.74, 6) is -1.47. The fourth-order valence-corrected chi connectivity index (χ4v) is 2.26. The fraction of sp³-hybridized carbons (Fsp3) is 0.750. The Kier molecular flexibility index (Phi) is 11.8. The lowest BCUT2D eigenvalue weighted by Crippen LogP contribution is -2.50. The maximum atomic E-state index is 12.3. The van der Waals surface area contributed by atoms with Crippen LogP contribution in [-0.4, -0.2) is 60.0 Å². The molecule has 144 valence electrons. The molecule has 0 aromatic rings. The second-order valence-corrected chi connectivity index (χ2v) is 5.95. The Morgan fingerprint density at radius 3 is 2.32 bits per heavy atom. The van der Waals surface area contributed by atoms with Gasteiger partial charge in [0.15, 0.2) is 0 Å². The number of nitrogens with one attached hydrogen (secondary N) is 2. The highest BCUT2D eigenvalue weighted by molar-refractivity contribution is 5.91. The van der Waals surface area contributed by atoms with Crippen LogP contribution in [-0.2, 0) is 14.4 Å². The summed E-state index contributed by atoms with van der Waals surface area (Å²) >= 11 is 0. The van der Waals surface area contributed by atoms with Crippen molar-refractivity contribution in [3.63, 3.8) is 0 Å². The van der Waals surface area contributed by atoms with Crippen molar-refractivity contribution < 1.29 is 24.3 Å². The average Bonchev–Trinajstić information content (AvgIpc) is 2.52. The molecule has 0 radical (unpaired) electrons. The van der Waals surface area contributed by atoms with Gasteiger partial charge in [-0.1, -0.05) is 32.6 Å². The summed E-state index contributed by atoms with van der Waals surface area (Å²) in [6.45, 7) is 2.27. The van der Waals surface area contributed by atoms with E-state index in [1.807, 2.05) is 0 Å². The number of hydrogen-bond acceptors (Lipinski definition) is 4. The van der Waals surface area contributed by atoms with E-state index in [1.54, 1.807) is 0 Å². The average molecular weight is 358 g/mol. The van der Waals surface area contributed by atoms with Crippen LogP contribution in [0.15, 0.2) is 0 Å². The van der Waals surface area contributed by atoms with E-state index in [9.17, 15) is 19.2 Å². The summed E-state index contributed by atoms with van der Waals surface area (Å²) in [7, 11) is 1.47. The molecular weight excluding hydrogens is 328 g/mol. The lowest BCUT2D eigenvalue weighted by atomic mass is 10.1. The van der Waals surface area contributed by atoms with Gasteiger partial charge in [-0.3, -0.25) is 14.4 Å². The van der Waals surface area contributed by atoms with Gasteiger partial charge >= 0.3 is 6.09 Å². The van der Waals surface area contributed by atoms with Crippen molar-refractivity contribution in [3.05, 3.63) is 0 Å². The topological polar surface area (TPSA) is 142 Å². The van der Waals surface area contributed by atoms with E-state index in [0.717, 1.165) is 32.1 Å². The predicted octanol–water partition coefficient (Wildman–Crippen LogP) is 0.433. The molecule has 9 heteroatoms. The molecule has 9 nitrogen and oxygen atoms in total. The fourth-order valence-electron chi connectivity index (χ4n) is 2.26. The summed E-state index contributed by atoms with van der Waals surface area (Å²) in [6, 6.07) is -1.03. The maximum absolute atomic E-state index is 12.3. The second-order valence-electron chi connectivity index (χ2n) is 5.95. The van der Waals surface area contributed by atoms with E-state index in [-0.39, 0.29) is 31.8 Å². The van der Waals surface area contributed by atoms with Gasteiger partial charge in [-0.2, -0.15) is 0 Å². The first-order valence-electron chi connectivity index (χ1n) is 8.57. The molecule has 0 rings (SSSR count). The number of likely N-dealkylation sites (N-methyl/N-ethyl adjacent to an activating group) is 1. The third-order valence-electron chi connectivity index (χ3n) is 3.65. The lowest BCUT2D eigenvalue weighted by Gasteiger charge is -2.24. The Morgan fingerprint density at radius 1 is 1.12 bits per heavy atom. The number of carbonyl (C=O) groups is 4. The first-order valence-corrected chi connectivity index (χ1v) is 8.57. The number of unbranched alkanes of at least 4 members (excludes halogenated alkanes) is 4. The SMILES string of the molecule is CCCCCCCC(=O)NC(CC(N)=O)C(=O)N(C)CCNC(=O)O. The van der Waals surface area contributed by atoms with Crippen LogP contribution in [0.5, 0.6) is 0 Å². The molecule has 0 saturated heterocycles. The van der Waals surface area contributed by atoms with Crippen molar-refractivity contribution in [1.82, 2.24) is 15.5 Å². The van der Waals surface area contributed by atoms with Gasteiger partial charge in [0.2, 0.25) is 17.7 Å². The van der Waals surface area contributed by atoms with Gasteiger partial charge in [0.1, 0.15) is 6.04 Å².